The van der Waals surface area contributed by atoms with Crippen LogP contribution in [0.2, 0.25) is 0 Å². The van der Waals surface area contributed by atoms with Crippen LogP contribution in [-0.2, 0) is 0 Å². The fourth-order valence-electron chi connectivity index (χ4n) is 4.45. The Morgan fingerprint density at radius 2 is 2.31 bits per heavy atom. The maximum absolute atomic E-state index is 9.40. The highest BCUT2D eigenvalue weighted by Gasteiger charge is 2.32. The summed E-state index contributed by atoms with van der Waals surface area (Å²) >= 11 is 0. The Kier molecular flexibility index (Phi) is 5.29. The largest absolute Gasteiger partial charge is 0.369 e. The Balaban J connectivity index is 1.43. The molecule has 0 saturated carbocycles. The molecule has 5 heterocycles. The first-order valence-corrected chi connectivity index (χ1v) is 10.5. The average molecular weight is 426 g/mol. The van der Waals surface area contributed by atoms with Crippen LogP contribution in [0.15, 0.2) is 48.2 Å². The Bertz CT molecular complexity index is 1300. The number of aromatic amines is 1. The number of H-pyrrole nitrogens is 1. The van der Waals surface area contributed by atoms with Crippen molar-refractivity contribution in [2.24, 2.45) is 10.9 Å². The predicted octanol–water partition coefficient (Wildman–Crippen LogP) is 2.64. The molecule has 1 fully saturated rings. The molecule has 0 spiro atoms. The van der Waals surface area contributed by atoms with Crippen molar-refractivity contribution >= 4 is 22.9 Å². The highest BCUT2D eigenvalue weighted by molar-refractivity contribution is 5.90. The number of fused-ring (bicyclic) bond motifs is 1. The molecule has 10 heteroatoms. The van der Waals surface area contributed by atoms with Gasteiger partial charge in [0.25, 0.3) is 0 Å². The lowest BCUT2D eigenvalue weighted by Crippen LogP contribution is -2.26. The first kappa shape index (κ1) is 19.8. The van der Waals surface area contributed by atoms with E-state index in [1.807, 2.05) is 35.4 Å². The van der Waals surface area contributed by atoms with Gasteiger partial charge in [0.2, 0.25) is 0 Å². The average Bonchev–Trinajstić information content (AvgIpc) is 3.60. The third kappa shape index (κ3) is 3.58. The normalized spacial score (nSPS) is 17.2. The van der Waals surface area contributed by atoms with Gasteiger partial charge in [-0.2, -0.15) is 15.5 Å². The highest BCUT2D eigenvalue weighted by atomic mass is 15.3. The molecule has 4 aromatic heterocycles. The number of hydrogen-bond acceptors (Lipinski definition) is 8. The fourth-order valence-corrected chi connectivity index (χ4v) is 4.45. The van der Waals surface area contributed by atoms with Crippen molar-refractivity contribution in [3.63, 3.8) is 0 Å². The number of anilines is 1. The number of aliphatic imine (C=N–C) groups is 1. The van der Waals surface area contributed by atoms with Gasteiger partial charge < -0.3 is 14.9 Å². The highest BCUT2D eigenvalue weighted by Crippen LogP contribution is 2.34. The van der Waals surface area contributed by atoms with Crippen LogP contribution in [0.25, 0.3) is 22.3 Å². The van der Waals surface area contributed by atoms with Crippen LogP contribution < -0.4 is 4.90 Å². The van der Waals surface area contributed by atoms with Crippen molar-refractivity contribution in [3.05, 3.63) is 48.9 Å². The zero-order chi connectivity index (χ0) is 21.9. The van der Waals surface area contributed by atoms with Crippen LogP contribution in [-0.4, -0.2) is 61.3 Å². The molecular formula is C22H22N10. The summed E-state index contributed by atoms with van der Waals surface area (Å²) in [5.41, 5.74) is 3.82. The van der Waals surface area contributed by atoms with Gasteiger partial charge in [-0.1, -0.05) is 0 Å². The third-order valence-electron chi connectivity index (χ3n) is 6.01. The number of aromatic nitrogens is 7. The van der Waals surface area contributed by atoms with Gasteiger partial charge in [0.1, 0.15) is 18.0 Å². The molecule has 2 atom stereocenters. The van der Waals surface area contributed by atoms with E-state index in [1.54, 1.807) is 19.6 Å². The standard InChI is InChI=1S/C22H22N10/c1-24-6-3-19(15-5-9-31(12-15)20-4-8-28-30-18(20)10-23)32-13-16(11-29-32)21-17-2-7-25-22(17)27-14-26-21/h2,4,6-8,11,13-15,19H,3,5,9,12H2,1H3,(H,25,26,27). The number of hydrogen-bond donors (Lipinski definition) is 1. The summed E-state index contributed by atoms with van der Waals surface area (Å²) in [4.78, 5) is 18.3. The van der Waals surface area contributed by atoms with E-state index in [0.29, 0.717) is 11.6 Å². The molecule has 0 aliphatic carbocycles. The van der Waals surface area contributed by atoms with Gasteiger partial charge in [0.05, 0.1) is 29.8 Å². The van der Waals surface area contributed by atoms with Gasteiger partial charge in [-0.15, -0.1) is 5.10 Å². The summed E-state index contributed by atoms with van der Waals surface area (Å²) in [6.07, 6.45) is 12.7. The lowest BCUT2D eigenvalue weighted by molar-refractivity contribution is 0.337. The Hall–Kier alpha value is -4.13. The molecule has 2 unspecified atom stereocenters. The first-order valence-electron chi connectivity index (χ1n) is 10.5. The van der Waals surface area contributed by atoms with E-state index in [4.69, 9.17) is 5.10 Å². The van der Waals surface area contributed by atoms with Crippen LogP contribution in [0, 0.1) is 17.2 Å². The summed E-state index contributed by atoms with van der Waals surface area (Å²) in [6, 6.07) is 6.13. The predicted molar refractivity (Wildman–Crippen MR) is 120 cm³/mol. The Labute approximate surface area is 184 Å². The van der Waals surface area contributed by atoms with Crippen LogP contribution in [0.5, 0.6) is 0 Å². The van der Waals surface area contributed by atoms with Gasteiger partial charge in [-0.25, -0.2) is 9.97 Å². The van der Waals surface area contributed by atoms with Gasteiger partial charge in [0, 0.05) is 62.0 Å². The first-order chi connectivity index (χ1) is 15.8. The number of nitriles is 1. The molecule has 5 rings (SSSR count). The van der Waals surface area contributed by atoms with Crippen molar-refractivity contribution in [1.29, 1.82) is 5.26 Å². The summed E-state index contributed by atoms with van der Waals surface area (Å²) < 4.78 is 2.03. The molecule has 4 aromatic rings. The molecule has 1 saturated heterocycles. The summed E-state index contributed by atoms with van der Waals surface area (Å²) in [6.45, 7) is 1.67. The van der Waals surface area contributed by atoms with E-state index in [2.05, 4.69) is 47.3 Å². The second kappa shape index (κ2) is 8.55. The summed E-state index contributed by atoms with van der Waals surface area (Å²) in [7, 11) is 1.79. The van der Waals surface area contributed by atoms with Crippen LogP contribution in [0.4, 0.5) is 5.69 Å². The maximum Gasteiger partial charge on any atom is 0.186 e. The summed E-state index contributed by atoms with van der Waals surface area (Å²) in [5, 5.41) is 22.9. The minimum Gasteiger partial charge on any atom is -0.369 e. The zero-order valence-corrected chi connectivity index (χ0v) is 17.6. The lowest BCUT2D eigenvalue weighted by Gasteiger charge is -2.24. The van der Waals surface area contributed by atoms with E-state index < -0.39 is 0 Å². The van der Waals surface area contributed by atoms with Crippen molar-refractivity contribution in [2.75, 3.05) is 25.0 Å². The van der Waals surface area contributed by atoms with E-state index >= 15 is 0 Å². The van der Waals surface area contributed by atoms with Crippen molar-refractivity contribution in [1.82, 2.24) is 34.9 Å². The van der Waals surface area contributed by atoms with Gasteiger partial charge >= 0.3 is 0 Å². The fraction of sp³-hybridized carbons (Fsp3) is 0.318. The van der Waals surface area contributed by atoms with Gasteiger partial charge in [0.15, 0.2) is 5.69 Å². The molecule has 160 valence electrons. The topological polar surface area (TPSA) is 125 Å². The second-order valence-electron chi connectivity index (χ2n) is 7.79. The van der Waals surface area contributed by atoms with Crippen LogP contribution >= 0.6 is 0 Å². The van der Waals surface area contributed by atoms with E-state index in [1.165, 1.54) is 0 Å². The van der Waals surface area contributed by atoms with Crippen molar-refractivity contribution < 1.29 is 0 Å². The molecule has 1 N–H and O–H groups in total. The summed E-state index contributed by atoms with van der Waals surface area (Å²) in [5.74, 6) is 0.345. The molecule has 0 bridgehead atoms. The minimum atomic E-state index is 0.140. The lowest BCUT2D eigenvalue weighted by atomic mass is 9.96. The van der Waals surface area contributed by atoms with E-state index in [-0.39, 0.29) is 6.04 Å². The Morgan fingerprint density at radius 1 is 1.38 bits per heavy atom. The third-order valence-corrected chi connectivity index (χ3v) is 6.01. The SMILES string of the molecule is CN=CCC(C1CCN(c2ccnnc2C#N)C1)n1cc(-c2ncnc3[nH]ccc23)cn1. The molecule has 1 aliphatic heterocycles. The molecule has 0 aromatic carbocycles. The van der Waals surface area contributed by atoms with Crippen molar-refractivity contribution in [3.8, 4) is 17.3 Å². The molecule has 0 radical (unpaired) electrons. The number of nitrogens with zero attached hydrogens (tertiary/aromatic N) is 9. The van der Waals surface area contributed by atoms with Gasteiger partial charge in [-0.05, 0) is 18.6 Å². The second-order valence-corrected chi connectivity index (χ2v) is 7.79. The number of nitrogens with one attached hydrogen (secondary N) is 1. The monoisotopic (exact) mass is 426 g/mol. The quantitative estimate of drug-likeness (QED) is 0.470. The molecule has 32 heavy (non-hydrogen) atoms. The van der Waals surface area contributed by atoms with E-state index in [0.717, 1.165) is 53.9 Å². The van der Waals surface area contributed by atoms with Crippen LogP contribution in [0.3, 0.4) is 0 Å². The zero-order valence-electron chi connectivity index (χ0n) is 17.6. The van der Waals surface area contributed by atoms with E-state index in [9.17, 15) is 5.26 Å². The molecule has 0 amide bonds. The molecule has 10 nitrogen and oxygen atoms in total. The number of rotatable bonds is 6. The van der Waals surface area contributed by atoms with Gasteiger partial charge in [-0.3, -0.25) is 4.68 Å². The minimum absolute atomic E-state index is 0.140. The Morgan fingerprint density at radius 3 is 3.19 bits per heavy atom. The van der Waals surface area contributed by atoms with Crippen molar-refractivity contribution in [2.45, 2.75) is 18.9 Å². The molecule has 1 aliphatic rings. The molecular weight excluding hydrogens is 404 g/mol. The van der Waals surface area contributed by atoms with Crippen LogP contribution in [0.1, 0.15) is 24.6 Å². The maximum atomic E-state index is 9.40. The smallest absolute Gasteiger partial charge is 0.186 e.